The van der Waals surface area contributed by atoms with E-state index in [4.69, 9.17) is 0 Å². The van der Waals surface area contributed by atoms with Crippen molar-refractivity contribution in [3.05, 3.63) is 56.5 Å². The van der Waals surface area contributed by atoms with Crippen LogP contribution in [0.2, 0.25) is 0 Å². The number of amides is 1. The van der Waals surface area contributed by atoms with Crippen molar-refractivity contribution in [2.75, 3.05) is 18.4 Å². The molecule has 0 atom stereocenters. The molecule has 0 unspecified atom stereocenters. The molecule has 0 bridgehead atoms. The van der Waals surface area contributed by atoms with Crippen molar-refractivity contribution in [2.24, 2.45) is 20.0 Å². The van der Waals surface area contributed by atoms with Crippen LogP contribution in [0.1, 0.15) is 24.8 Å². The van der Waals surface area contributed by atoms with Crippen LogP contribution in [0.25, 0.3) is 11.2 Å². The summed E-state index contributed by atoms with van der Waals surface area (Å²) in [4.78, 5) is 41.7. The fraction of sp³-hybridized carbons (Fsp3) is 0.429. The molecule has 1 aromatic carbocycles. The standard InChI is InChI=1S/C21H25FN6O3/c1-26-17-16(19(30)27(2)21(26)31)28(12-13-6-8-15(22)9-7-13)20(25-17)24-11-10-23-18(29)14-4-3-5-14/h6-9,14H,3-5,10-12H2,1-2H3,(H,23,29)(H,24,25). The highest BCUT2D eigenvalue weighted by atomic mass is 19.1. The van der Waals surface area contributed by atoms with E-state index in [2.05, 4.69) is 15.6 Å². The van der Waals surface area contributed by atoms with E-state index in [1.54, 1.807) is 23.7 Å². The lowest BCUT2D eigenvalue weighted by Gasteiger charge is -2.24. The Hall–Kier alpha value is -3.43. The topological polar surface area (TPSA) is 103 Å². The van der Waals surface area contributed by atoms with Gasteiger partial charge in [0, 0.05) is 33.1 Å². The summed E-state index contributed by atoms with van der Waals surface area (Å²) in [5.41, 5.74) is 0.381. The summed E-state index contributed by atoms with van der Waals surface area (Å²) in [7, 11) is 2.98. The molecule has 0 radical (unpaired) electrons. The maximum absolute atomic E-state index is 13.3. The summed E-state index contributed by atoms with van der Waals surface area (Å²) in [5.74, 6) is 0.221. The highest BCUT2D eigenvalue weighted by Gasteiger charge is 2.24. The summed E-state index contributed by atoms with van der Waals surface area (Å²) in [5, 5.41) is 6.06. The molecule has 9 nitrogen and oxygen atoms in total. The summed E-state index contributed by atoms with van der Waals surface area (Å²) in [6.07, 6.45) is 2.96. The molecule has 1 fully saturated rings. The third kappa shape index (κ3) is 3.97. The van der Waals surface area contributed by atoms with Crippen LogP contribution in [0, 0.1) is 11.7 Å². The molecule has 10 heteroatoms. The lowest BCUT2D eigenvalue weighted by Crippen LogP contribution is -2.37. The molecular formula is C21H25FN6O3. The van der Waals surface area contributed by atoms with Gasteiger partial charge in [0.05, 0.1) is 6.54 Å². The molecule has 31 heavy (non-hydrogen) atoms. The van der Waals surface area contributed by atoms with E-state index >= 15 is 0 Å². The van der Waals surface area contributed by atoms with Crippen molar-refractivity contribution in [3.8, 4) is 0 Å². The van der Waals surface area contributed by atoms with Gasteiger partial charge in [-0.1, -0.05) is 18.6 Å². The minimum absolute atomic E-state index is 0.0594. The molecule has 1 aliphatic carbocycles. The third-order valence-electron chi connectivity index (χ3n) is 5.79. The molecule has 0 aliphatic heterocycles. The van der Waals surface area contributed by atoms with Crippen LogP contribution in [-0.2, 0) is 25.4 Å². The molecule has 4 rings (SSSR count). The predicted molar refractivity (Wildman–Crippen MR) is 115 cm³/mol. The van der Waals surface area contributed by atoms with Crippen LogP contribution in [0.3, 0.4) is 0 Å². The maximum atomic E-state index is 13.3. The number of aromatic nitrogens is 4. The van der Waals surface area contributed by atoms with Gasteiger partial charge in [-0.15, -0.1) is 0 Å². The molecule has 2 aromatic heterocycles. The van der Waals surface area contributed by atoms with Crippen LogP contribution in [0.15, 0.2) is 33.9 Å². The molecular weight excluding hydrogens is 403 g/mol. The summed E-state index contributed by atoms with van der Waals surface area (Å²) >= 11 is 0. The van der Waals surface area contributed by atoms with Crippen LogP contribution in [0.4, 0.5) is 10.3 Å². The quantitative estimate of drug-likeness (QED) is 0.546. The second-order valence-corrected chi connectivity index (χ2v) is 7.87. The average Bonchev–Trinajstić information content (AvgIpc) is 3.07. The summed E-state index contributed by atoms with van der Waals surface area (Å²) in [6, 6.07) is 5.98. The smallest absolute Gasteiger partial charge is 0.332 e. The molecule has 0 saturated heterocycles. The van der Waals surface area contributed by atoms with Crippen molar-refractivity contribution in [2.45, 2.75) is 25.8 Å². The number of nitrogens with zero attached hydrogens (tertiary/aromatic N) is 4. The minimum Gasteiger partial charge on any atom is -0.354 e. The van der Waals surface area contributed by atoms with Gasteiger partial charge >= 0.3 is 5.69 Å². The van der Waals surface area contributed by atoms with Crippen LogP contribution in [-0.4, -0.2) is 37.7 Å². The Morgan fingerprint density at radius 3 is 2.48 bits per heavy atom. The zero-order valence-corrected chi connectivity index (χ0v) is 17.5. The molecule has 0 spiro atoms. The first kappa shape index (κ1) is 20.8. The number of carbonyl (C=O) groups is 1. The second-order valence-electron chi connectivity index (χ2n) is 7.87. The molecule has 2 N–H and O–H groups in total. The Morgan fingerprint density at radius 1 is 1.13 bits per heavy atom. The number of benzene rings is 1. The first-order valence-corrected chi connectivity index (χ1v) is 10.3. The lowest BCUT2D eigenvalue weighted by molar-refractivity contribution is -0.127. The largest absolute Gasteiger partial charge is 0.354 e. The molecule has 164 valence electrons. The van der Waals surface area contributed by atoms with E-state index in [0.29, 0.717) is 19.0 Å². The monoisotopic (exact) mass is 428 g/mol. The van der Waals surface area contributed by atoms with Crippen LogP contribution >= 0.6 is 0 Å². The zero-order valence-electron chi connectivity index (χ0n) is 17.5. The lowest BCUT2D eigenvalue weighted by atomic mass is 9.85. The van der Waals surface area contributed by atoms with Crippen molar-refractivity contribution < 1.29 is 9.18 Å². The van der Waals surface area contributed by atoms with Gasteiger partial charge in [-0.2, -0.15) is 4.98 Å². The maximum Gasteiger partial charge on any atom is 0.332 e. The van der Waals surface area contributed by atoms with Crippen LogP contribution in [0.5, 0.6) is 0 Å². The number of nitrogens with one attached hydrogen (secondary N) is 2. The average molecular weight is 428 g/mol. The number of fused-ring (bicyclic) bond motifs is 1. The highest BCUT2D eigenvalue weighted by Crippen LogP contribution is 2.26. The van der Waals surface area contributed by atoms with Gasteiger partial charge in [-0.05, 0) is 30.5 Å². The minimum atomic E-state index is -0.469. The second kappa shape index (κ2) is 8.37. The highest BCUT2D eigenvalue weighted by molar-refractivity contribution is 5.79. The fourth-order valence-electron chi connectivity index (χ4n) is 3.68. The van der Waals surface area contributed by atoms with Crippen LogP contribution < -0.4 is 21.9 Å². The Kier molecular flexibility index (Phi) is 5.62. The van der Waals surface area contributed by atoms with E-state index in [0.717, 1.165) is 29.4 Å². The number of aryl methyl sites for hydroxylation is 1. The zero-order chi connectivity index (χ0) is 22.1. The Labute approximate surface area is 177 Å². The number of hydrogen-bond donors (Lipinski definition) is 2. The SMILES string of the molecule is Cn1c(=O)c2c(nc(NCCNC(=O)C3CCC3)n2Cc2ccc(F)cc2)n(C)c1=O. The van der Waals surface area contributed by atoms with Gasteiger partial charge in [0.2, 0.25) is 11.9 Å². The summed E-state index contributed by atoms with van der Waals surface area (Å²) in [6.45, 7) is 1.08. The van der Waals surface area contributed by atoms with Gasteiger partial charge < -0.3 is 10.6 Å². The normalized spacial score (nSPS) is 13.9. The fourth-order valence-corrected chi connectivity index (χ4v) is 3.68. The third-order valence-corrected chi connectivity index (χ3v) is 5.79. The van der Waals surface area contributed by atoms with Gasteiger partial charge in [-0.25, -0.2) is 9.18 Å². The van der Waals surface area contributed by atoms with Crippen molar-refractivity contribution >= 4 is 23.0 Å². The van der Waals surface area contributed by atoms with Crippen molar-refractivity contribution in [3.63, 3.8) is 0 Å². The number of anilines is 1. The van der Waals surface area contributed by atoms with Gasteiger partial charge in [0.25, 0.3) is 5.56 Å². The predicted octanol–water partition coefficient (Wildman–Crippen LogP) is 0.949. The molecule has 2 heterocycles. The number of carbonyl (C=O) groups excluding carboxylic acids is 1. The van der Waals surface area contributed by atoms with E-state index in [-0.39, 0.29) is 35.4 Å². The Bertz CT molecular complexity index is 1240. The molecule has 1 amide bonds. The van der Waals surface area contributed by atoms with Crippen molar-refractivity contribution in [1.29, 1.82) is 0 Å². The number of hydrogen-bond acceptors (Lipinski definition) is 5. The Morgan fingerprint density at radius 2 is 1.84 bits per heavy atom. The molecule has 1 aliphatic rings. The summed E-state index contributed by atoms with van der Waals surface area (Å²) < 4.78 is 17.3. The molecule has 1 saturated carbocycles. The first-order chi connectivity index (χ1) is 14.9. The number of halogens is 1. The molecule has 3 aromatic rings. The van der Waals surface area contributed by atoms with Gasteiger partial charge in [0.1, 0.15) is 5.82 Å². The number of imidazole rings is 1. The van der Waals surface area contributed by atoms with Crippen molar-refractivity contribution in [1.82, 2.24) is 24.0 Å². The van der Waals surface area contributed by atoms with E-state index in [1.165, 1.54) is 23.7 Å². The number of rotatable bonds is 7. The first-order valence-electron chi connectivity index (χ1n) is 10.3. The van der Waals surface area contributed by atoms with E-state index < -0.39 is 11.2 Å². The van der Waals surface area contributed by atoms with E-state index in [9.17, 15) is 18.8 Å². The van der Waals surface area contributed by atoms with Gasteiger partial charge in [0.15, 0.2) is 11.2 Å². The van der Waals surface area contributed by atoms with E-state index in [1.807, 2.05) is 0 Å². The Balaban J connectivity index is 1.64. The van der Waals surface area contributed by atoms with Gasteiger partial charge in [-0.3, -0.25) is 23.3 Å².